The maximum absolute atomic E-state index is 12.4. The predicted octanol–water partition coefficient (Wildman–Crippen LogP) is 4.36. The van der Waals surface area contributed by atoms with Crippen LogP contribution < -0.4 is 9.46 Å². The molecule has 30 heavy (non-hydrogen) atoms. The Morgan fingerprint density at radius 3 is 2.30 bits per heavy atom. The van der Waals surface area contributed by atoms with E-state index >= 15 is 0 Å². The second-order valence-corrected chi connectivity index (χ2v) is 9.53. The van der Waals surface area contributed by atoms with Crippen LogP contribution in [-0.2, 0) is 10.0 Å². The first-order valence-electron chi connectivity index (χ1n) is 9.67. The molecule has 0 saturated carbocycles. The molecule has 1 aliphatic rings. The SMILES string of the molecule is O=C(NS(=O)(=O)c1ccccc1)N1CCC(Oc2ccc(-c3ccsc3)cc2)CC1. The topological polar surface area (TPSA) is 75.7 Å². The maximum atomic E-state index is 12.4. The second-order valence-electron chi connectivity index (χ2n) is 7.06. The van der Waals surface area contributed by atoms with Gasteiger partial charge in [-0.1, -0.05) is 30.3 Å². The fourth-order valence-corrected chi connectivity index (χ4v) is 5.02. The van der Waals surface area contributed by atoms with Crippen molar-refractivity contribution in [3.8, 4) is 16.9 Å². The summed E-state index contributed by atoms with van der Waals surface area (Å²) in [7, 11) is -3.87. The van der Waals surface area contributed by atoms with E-state index in [-0.39, 0.29) is 11.0 Å². The van der Waals surface area contributed by atoms with Crippen molar-refractivity contribution in [2.24, 2.45) is 0 Å². The van der Waals surface area contributed by atoms with Gasteiger partial charge in [-0.15, -0.1) is 0 Å². The lowest BCUT2D eigenvalue weighted by Gasteiger charge is -2.32. The molecule has 156 valence electrons. The largest absolute Gasteiger partial charge is 0.490 e. The summed E-state index contributed by atoms with van der Waals surface area (Å²) >= 11 is 1.67. The molecule has 1 fully saturated rings. The minimum atomic E-state index is -3.87. The van der Waals surface area contributed by atoms with Gasteiger partial charge in [0.15, 0.2) is 0 Å². The van der Waals surface area contributed by atoms with E-state index in [1.807, 2.05) is 24.3 Å². The number of ether oxygens (including phenoxy) is 1. The monoisotopic (exact) mass is 442 g/mol. The van der Waals surface area contributed by atoms with Gasteiger partial charge in [-0.3, -0.25) is 0 Å². The number of nitrogens with zero attached hydrogens (tertiary/aromatic N) is 1. The number of benzene rings is 2. The first-order valence-corrected chi connectivity index (χ1v) is 12.1. The molecule has 8 heteroatoms. The fraction of sp³-hybridized carbons (Fsp3) is 0.227. The van der Waals surface area contributed by atoms with Crippen molar-refractivity contribution in [1.82, 2.24) is 9.62 Å². The third-order valence-electron chi connectivity index (χ3n) is 5.02. The predicted molar refractivity (Wildman–Crippen MR) is 117 cm³/mol. The van der Waals surface area contributed by atoms with Crippen LogP contribution in [0.4, 0.5) is 4.79 Å². The van der Waals surface area contributed by atoms with E-state index < -0.39 is 16.1 Å². The molecule has 4 rings (SSSR count). The molecule has 2 amide bonds. The molecule has 2 heterocycles. The molecule has 0 unspecified atom stereocenters. The molecule has 0 aliphatic carbocycles. The minimum absolute atomic E-state index is 0.00761. The molecule has 2 aromatic carbocycles. The van der Waals surface area contributed by atoms with Crippen LogP contribution in [0.25, 0.3) is 11.1 Å². The van der Waals surface area contributed by atoms with Gasteiger partial charge in [0.25, 0.3) is 10.0 Å². The summed E-state index contributed by atoms with van der Waals surface area (Å²) in [4.78, 5) is 14.0. The third kappa shape index (κ3) is 4.83. The number of carbonyl (C=O) groups excluding carboxylic acids is 1. The zero-order valence-corrected chi connectivity index (χ0v) is 17.9. The van der Waals surface area contributed by atoms with Crippen LogP contribution in [0.15, 0.2) is 76.3 Å². The third-order valence-corrected chi connectivity index (χ3v) is 7.04. The Kier molecular flexibility index (Phi) is 6.06. The lowest BCUT2D eigenvalue weighted by atomic mass is 10.1. The molecule has 1 aromatic heterocycles. The summed E-state index contributed by atoms with van der Waals surface area (Å²) in [5.74, 6) is 0.795. The van der Waals surface area contributed by atoms with Gasteiger partial charge in [0.1, 0.15) is 11.9 Å². The van der Waals surface area contributed by atoms with Crippen molar-refractivity contribution in [2.75, 3.05) is 13.1 Å². The highest BCUT2D eigenvalue weighted by molar-refractivity contribution is 7.90. The summed E-state index contributed by atoms with van der Waals surface area (Å²) in [5.41, 5.74) is 2.34. The molecule has 0 radical (unpaired) electrons. The Balaban J connectivity index is 1.29. The van der Waals surface area contributed by atoms with E-state index in [2.05, 4.69) is 21.5 Å². The lowest BCUT2D eigenvalue weighted by molar-refractivity contribution is 0.113. The number of hydrogen-bond acceptors (Lipinski definition) is 5. The molecule has 1 aliphatic heterocycles. The summed E-state index contributed by atoms with van der Waals surface area (Å²) < 4.78 is 32.8. The molecule has 1 saturated heterocycles. The second kappa shape index (κ2) is 8.89. The first kappa shape index (κ1) is 20.4. The molecular formula is C22H22N2O4S2. The Labute approximate surface area is 180 Å². The van der Waals surface area contributed by atoms with E-state index in [1.54, 1.807) is 29.5 Å². The van der Waals surface area contributed by atoms with Gasteiger partial charge in [0.05, 0.1) is 4.90 Å². The zero-order chi connectivity index (χ0) is 21.0. The lowest BCUT2D eigenvalue weighted by Crippen LogP contribution is -2.48. The maximum Gasteiger partial charge on any atom is 0.331 e. The minimum Gasteiger partial charge on any atom is -0.490 e. The molecule has 0 bridgehead atoms. The first-order chi connectivity index (χ1) is 14.5. The number of thiophene rings is 1. The number of sulfonamides is 1. The number of likely N-dealkylation sites (tertiary alicyclic amines) is 1. The van der Waals surface area contributed by atoms with E-state index in [4.69, 9.17) is 4.74 Å². The molecule has 0 spiro atoms. The number of piperidine rings is 1. The number of hydrogen-bond donors (Lipinski definition) is 1. The smallest absolute Gasteiger partial charge is 0.331 e. The van der Waals surface area contributed by atoms with E-state index in [0.717, 1.165) is 11.3 Å². The van der Waals surface area contributed by atoms with Crippen LogP contribution >= 0.6 is 11.3 Å². The molecule has 6 nitrogen and oxygen atoms in total. The average Bonchev–Trinajstić information content (AvgIpc) is 3.30. The van der Waals surface area contributed by atoms with E-state index in [1.165, 1.54) is 22.6 Å². The van der Waals surface area contributed by atoms with Crippen molar-refractivity contribution in [3.63, 3.8) is 0 Å². The van der Waals surface area contributed by atoms with Gasteiger partial charge in [0, 0.05) is 25.9 Å². The average molecular weight is 443 g/mol. The van der Waals surface area contributed by atoms with Gasteiger partial charge in [0.2, 0.25) is 0 Å². The standard InChI is InChI=1S/C22H22N2O4S2/c25-22(23-30(26,27)21-4-2-1-3-5-21)24-13-10-20(11-14-24)28-19-8-6-17(7-9-19)18-12-15-29-16-18/h1-9,12,15-16,20H,10-11,13-14H2,(H,23,25). The molecule has 0 atom stereocenters. The molecule has 3 aromatic rings. The van der Waals surface area contributed by atoms with E-state index in [9.17, 15) is 13.2 Å². The summed E-state index contributed by atoms with van der Waals surface area (Å²) in [5, 5.41) is 4.16. The Morgan fingerprint density at radius 1 is 0.967 bits per heavy atom. The van der Waals surface area contributed by atoms with Gasteiger partial charge in [-0.05, 0) is 52.2 Å². The highest BCUT2D eigenvalue weighted by Crippen LogP contribution is 2.26. The summed E-state index contributed by atoms with van der Waals surface area (Å²) in [6.07, 6.45) is 1.28. The van der Waals surface area contributed by atoms with Crippen LogP contribution in [0.1, 0.15) is 12.8 Å². The highest BCUT2D eigenvalue weighted by Gasteiger charge is 2.27. The van der Waals surface area contributed by atoms with E-state index in [0.29, 0.717) is 25.9 Å². The van der Waals surface area contributed by atoms with Gasteiger partial charge in [-0.2, -0.15) is 11.3 Å². The van der Waals surface area contributed by atoms with Crippen LogP contribution in [0, 0.1) is 0 Å². The summed E-state index contributed by atoms with van der Waals surface area (Å²) in [6.45, 7) is 0.877. The molecule has 1 N–H and O–H groups in total. The number of amides is 2. The van der Waals surface area contributed by atoms with Crippen LogP contribution in [0.3, 0.4) is 0 Å². The van der Waals surface area contributed by atoms with Crippen molar-refractivity contribution in [3.05, 3.63) is 71.4 Å². The number of urea groups is 1. The Bertz CT molecular complexity index is 1070. The van der Waals surface area contributed by atoms with Crippen LogP contribution in [-0.4, -0.2) is 38.5 Å². The van der Waals surface area contributed by atoms with Crippen LogP contribution in [0.5, 0.6) is 5.75 Å². The van der Waals surface area contributed by atoms with Crippen LogP contribution in [0.2, 0.25) is 0 Å². The van der Waals surface area contributed by atoms with Gasteiger partial charge >= 0.3 is 6.03 Å². The normalized spacial score (nSPS) is 15.0. The Morgan fingerprint density at radius 2 is 1.67 bits per heavy atom. The van der Waals surface area contributed by atoms with Gasteiger partial charge < -0.3 is 9.64 Å². The quantitative estimate of drug-likeness (QED) is 0.637. The number of carbonyl (C=O) groups is 1. The van der Waals surface area contributed by atoms with Crippen molar-refractivity contribution in [2.45, 2.75) is 23.8 Å². The van der Waals surface area contributed by atoms with Crippen molar-refractivity contribution < 1.29 is 17.9 Å². The van der Waals surface area contributed by atoms with Gasteiger partial charge in [-0.25, -0.2) is 17.9 Å². The summed E-state index contributed by atoms with van der Waals surface area (Å²) in [6, 6.07) is 17.3. The van der Waals surface area contributed by atoms with Crippen molar-refractivity contribution >= 4 is 27.4 Å². The zero-order valence-electron chi connectivity index (χ0n) is 16.2. The number of nitrogens with one attached hydrogen (secondary N) is 1. The highest BCUT2D eigenvalue weighted by atomic mass is 32.2. The fourth-order valence-electron chi connectivity index (χ4n) is 3.36. The Hall–Kier alpha value is -2.84. The number of rotatable bonds is 5. The molecular weight excluding hydrogens is 420 g/mol. The van der Waals surface area contributed by atoms with Crippen molar-refractivity contribution in [1.29, 1.82) is 0 Å².